The molecule has 0 bridgehead atoms. The van der Waals surface area contributed by atoms with E-state index in [-0.39, 0.29) is 11.8 Å². The first-order chi connectivity index (χ1) is 11.2. The van der Waals surface area contributed by atoms with Gasteiger partial charge in [-0.25, -0.2) is 8.42 Å². The zero-order chi connectivity index (χ0) is 17.9. The summed E-state index contributed by atoms with van der Waals surface area (Å²) in [5.41, 5.74) is 0.369. The second-order valence-electron chi connectivity index (χ2n) is 6.20. The number of nitrogens with zero attached hydrogens (tertiary/aromatic N) is 1. The predicted octanol–water partition coefficient (Wildman–Crippen LogP) is 1.38. The molecule has 1 aromatic rings. The van der Waals surface area contributed by atoms with Gasteiger partial charge in [-0.2, -0.15) is 0 Å². The Bertz CT molecular complexity index is 702. The van der Waals surface area contributed by atoms with Crippen LogP contribution in [0.15, 0.2) is 18.2 Å². The molecule has 0 unspecified atom stereocenters. The number of anilines is 1. The molecule has 8 heteroatoms. The molecule has 7 nitrogen and oxygen atoms in total. The third-order valence-electron chi connectivity index (χ3n) is 3.55. The number of sulfonamides is 1. The average molecular weight is 356 g/mol. The van der Waals surface area contributed by atoms with Crippen LogP contribution in [0.4, 0.5) is 5.69 Å². The first-order valence-electron chi connectivity index (χ1n) is 7.87. The summed E-state index contributed by atoms with van der Waals surface area (Å²) in [7, 11) is -3.65. The molecule has 1 heterocycles. The molecule has 0 saturated carbocycles. The van der Waals surface area contributed by atoms with Gasteiger partial charge in [-0.15, -0.1) is 0 Å². The Hall–Kier alpha value is -1.96. The van der Waals surface area contributed by atoms with E-state index in [9.17, 15) is 13.2 Å². The molecule has 1 amide bonds. The molecule has 0 saturated heterocycles. The Labute approximate surface area is 143 Å². The maximum atomic E-state index is 12.3. The number of ether oxygens (including phenoxy) is 2. The van der Waals surface area contributed by atoms with Gasteiger partial charge in [0.15, 0.2) is 11.5 Å². The van der Waals surface area contributed by atoms with E-state index in [1.54, 1.807) is 25.1 Å². The normalized spacial score (nSPS) is 15.0. The summed E-state index contributed by atoms with van der Waals surface area (Å²) in [6.07, 6.45) is 1.08. The lowest BCUT2D eigenvalue weighted by Crippen LogP contribution is -2.48. The molecule has 0 aromatic heterocycles. The van der Waals surface area contributed by atoms with Crippen molar-refractivity contribution < 1.29 is 22.7 Å². The van der Waals surface area contributed by atoms with Crippen molar-refractivity contribution in [1.82, 2.24) is 5.32 Å². The quantitative estimate of drug-likeness (QED) is 0.832. The lowest BCUT2D eigenvalue weighted by Gasteiger charge is -2.29. The zero-order valence-corrected chi connectivity index (χ0v) is 15.2. The SMILES string of the molecule is CC(C)CNC(=O)[C@@H](C)N(c1ccc2c(c1)OCCO2)S(C)(=O)=O. The number of carbonyl (C=O) groups is 1. The number of amides is 1. The van der Waals surface area contributed by atoms with Crippen LogP contribution in [0.1, 0.15) is 20.8 Å². The van der Waals surface area contributed by atoms with Gasteiger partial charge in [0, 0.05) is 12.6 Å². The van der Waals surface area contributed by atoms with Crippen LogP contribution in [-0.2, 0) is 14.8 Å². The topological polar surface area (TPSA) is 84.9 Å². The minimum atomic E-state index is -3.65. The van der Waals surface area contributed by atoms with Crippen molar-refractivity contribution in [1.29, 1.82) is 0 Å². The minimum Gasteiger partial charge on any atom is -0.486 e. The Kier molecular flexibility index (Phi) is 5.58. The number of hydrogen-bond donors (Lipinski definition) is 1. The standard InChI is InChI=1S/C16H24N2O5S/c1-11(2)10-17-16(19)12(3)18(24(4,20)21)13-5-6-14-15(9-13)23-8-7-22-14/h5-6,9,11-12H,7-8,10H2,1-4H3,(H,17,19)/t12-/m1/s1. The van der Waals surface area contributed by atoms with Gasteiger partial charge in [-0.05, 0) is 25.0 Å². The van der Waals surface area contributed by atoms with Crippen molar-refractivity contribution in [3.63, 3.8) is 0 Å². The number of hydrogen-bond acceptors (Lipinski definition) is 5. The second kappa shape index (κ2) is 7.29. The molecule has 0 aliphatic carbocycles. The smallest absolute Gasteiger partial charge is 0.243 e. The van der Waals surface area contributed by atoms with Gasteiger partial charge in [0.1, 0.15) is 19.3 Å². The van der Waals surface area contributed by atoms with Crippen molar-refractivity contribution >= 4 is 21.6 Å². The summed E-state index contributed by atoms with van der Waals surface area (Å²) >= 11 is 0. The highest BCUT2D eigenvalue weighted by Crippen LogP contribution is 2.35. The number of rotatable bonds is 6. The molecule has 1 aliphatic heterocycles. The van der Waals surface area contributed by atoms with Crippen LogP contribution < -0.4 is 19.1 Å². The number of fused-ring (bicyclic) bond motifs is 1. The summed E-state index contributed by atoms with van der Waals surface area (Å²) in [6.45, 7) is 6.85. The number of benzene rings is 1. The van der Waals surface area contributed by atoms with Crippen LogP contribution in [-0.4, -0.2) is 46.4 Å². The maximum absolute atomic E-state index is 12.3. The molecule has 0 fully saturated rings. The van der Waals surface area contributed by atoms with Crippen molar-refractivity contribution in [2.45, 2.75) is 26.8 Å². The molecule has 0 radical (unpaired) electrons. The molecule has 1 atom stereocenters. The number of carbonyl (C=O) groups excluding carboxylic acids is 1. The summed E-state index contributed by atoms with van der Waals surface area (Å²) in [6, 6.07) is 3.98. The Morgan fingerprint density at radius 1 is 1.21 bits per heavy atom. The Balaban J connectivity index is 2.30. The van der Waals surface area contributed by atoms with E-state index < -0.39 is 16.1 Å². The van der Waals surface area contributed by atoms with Gasteiger partial charge in [0.25, 0.3) is 0 Å². The highest BCUT2D eigenvalue weighted by molar-refractivity contribution is 7.92. The third kappa shape index (κ3) is 4.31. The molecule has 24 heavy (non-hydrogen) atoms. The first-order valence-corrected chi connectivity index (χ1v) is 9.71. The van der Waals surface area contributed by atoms with Crippen LogP contribution >= 0.6 is 0 Å². The Morgan fingerprint density at radius 2 is 1.83 bits per heavy atom. The highest BCUT2D eigenvalue weighted by Gasteiger charge is 2.30. The molecule has 1 N–H and O–H groups in total. The van der Waals surface area contributed by atoms with Crippen LogP contribution in [0.5, 0.6) is 11.5 Å². The minimum absolute atomic E-state index is 0.280. The van der Waals surface area contributed by atoms with E-state index in [4.69, 9.17) is 9.47 Å². The van der Waals surface area contributed by atoms with Gasteiger partial charge < -0.3 is 14.8 Å². The maximum Gasteiger partial charge on any atom is 0.243 e. The molecule has 1 aliphatic rings. The van der Waals surface area contributed by atoms with Crippen molar-refractivity contribution in [3.8, 4) is 11.5 Å². The summed E-state index contributed by atoms with van der Waals surface area (Å²) in [5, 5.41) is 2.77. The summed E-state index contributed by atoms with van der Waals surface area (Å²) in [4.78, 5) is 12.3. The van der Waals surface area contributed by atoms with Crippen molar-refractivity contribution in [2.24, 2.45) is 5.92 Å². The monoisotopic (exact) mass is 356 g/mol. The summed E-state index contributed by atoms with van der Waals surface area (Å²) < 4.78 is 36.6. The van der Waals surface area contributed by atoms with E-state index in [0.29, 0.717) is 36.9 Å². The van der Waals surface area contributed by atoms with E-state index in [0.717, 1.165) is 10.6 Å². The average Bonchev–Trinajstić information content (AvgIpc) is 2.51. The molecule has 134 valence electrons. The van der Waals surface area contributed by atoms with E-state index >= 15 is 0 Å². The van der Waals surface area contributed by atoms with E-state index in [1.165, 1.54) is 0 Å². The van der Waals surface area contributed by atoms with Crippen LogP contribution in [0.3, 0.4) is 0 Å². The lowest BCUT2D eigenvalue weighted by atomic mass is 10.2. The summed E-state index contributed by atoms with van der Waals surface area (Å²) in [5.74, 6) is 0.976. The molecule has 0 spiro atoms. The van der Waals surface area contributed by atoms with Crippen LogP contribution in [0.25, 0.3) is 0 Å². The fourth-order valence-electron chi connectivity index (χ4n) is 2.43. The molecular weight excluding hydrogens is 332 g/mol. The lowest BCUT2D eigenvalue weighted by molar-refractivity contribution is -0.121. The highest BCUT2D eigenvalue weighted by atomic mass is 32.2. The predicted molar refractivity (Wildman–Crippen MR) is 92.1 cm³/mol. The molecule has 1 aromatic carbocycles. The molecule has 2 rings (SSSR count). The van der Waals surface area contributed by atoms with Crippen molar-refractivity contribution in [2.75, 3.05) is 30.3 Å². The van der Waals surface area contributed by atoms with Gasteiger partial charge >= 0.3 is 0 Å². The fourth-order valence-corrected chi connectivity index (χ4v) is 3.60. The van der Waals surface area contributed by atoms with Crippen LogP contribution in [0, 0.1) is 5.92 Å². The second-order valence-corrected chi connectivity index (χ2v) is 8.06. The fraction of sp³-hybridized carbons (Fsp3) is 0.562. The van der Waals surface area contributed by atoms with E-state index in [2.05, 4.69) is 5.32 Å². The van der Waals surface area contributed by atoms with Crippen molar-refractivity contribution in [3.05, 3.63) is 18.2 Å². The molecular formula is C16H24N2O5S. The van der Waals surface area contributed by atoms with E-state index in [1.807, 2.05) is 13.8 Å². The van der Waals surface area contributed by atoms with Gasteiger partial charge in [0.2, 0.25) is 15.9 Å². The zero-order valence-electron chi connectivity index (χ0n) is 14.4. The first kappa shape index (κ1) is 18.4. The van der Waals surface area contributed by atoms with Crippen LogP contribution in [0.2, 0.25) is 0 Å². The van der Waals surface area contributed by atoms with Gasteiger partial charge in [-0.3, -0.25) is 9.10 Å². The number of nitrogens with one attached hydrogen (secondary N) is 1. The largest absolute Gasteiger partial charge is 0.486 e. The third-order valence-corrected chi connectivity index (χ3v) is 4.79. The van der Waals surface area contributed by atoms with Gasteiger partial charge in [0.05, 0.1) is 11.9 Å². The van der Waals surface area contributed by atoms with Gasteiger partial charge in [-0.1, -0.05) is 13.8 Å². The Morgan fingerprint density at radius 3 is 2.42 bits per heavy atom.